The summed E-state index contributed by atoms with van der Waals surface area (Å²) in [5, 5.41) is 22.7. The number of nitro groups is 1. The van der Waals surface area contributed by atoms with E-state index in [0.29, 0.717) is 6.67 Å². The first kappa shape index (κ1) is 31.3. The Hall–Kier alpha value is -2.18. The molecule has 0 radical (unpaired) electrons. The van der Waals surface area contributed by atoms with Crippen molar-refractivity contribution in [1.82, 2.24) is 0 Å². The van der Waals surface area contributed by atoms with Gasteiger partial charge in [0.25, 0.3) is 0 Å². The van der Waals surface area contributed by atoms with Crippen LogP contribution < -0.4 is 0 Å². The smallest absolute Gasteiger partial charge is 0.194 e. The van der Waals surface area contributed by atoms with E-state index < -0.39 is 4.92 Å². The van der Waals surface area contributed by atoms with Crippen molar-refractivity contribution < 1.29 is 4.92 Å². The summed E-state index contributed by atoms with van der Waals surface area (Å²) in [6, 6.07) is 12.0. The molecule has 1 rings (SSSR count). The normalized spacial score (nSPS) is 7.67. The highest BCUT2D eigenvalue weighted by Crippen LogP contribution is 1.79. The Kier molecular flexibility index (Phi) is 53.8. The van der Waals surface area contributed by atoms with E-state index in [0.717, 1.165) is 7.05 Å². The first-order valence-corrected chi connectivity index (χ1v) is 5.74. The van der Waals surface area contributed by atoms with Gasteiger partial charge in [-0.25, -0.2) is 0 Å². The zero-order valence-electron chi connectivity index (χ0n) is 12.2. The molecule has 0 aliphatic rings. The summed E-state index contributed by atoms with van der Waals surface area (Å²) < 4.78 is 0. The Bertz CT molecular complexity index is 276. The maximum atomic E-state index is 8.81. The summed E-state index contributed by atoms with van der Waals surface area (Å²) in [4.78, 5) is 8.31. The third kappa shape index (κ3) is 72.9. The summed E-state index contributed by atoms with van der Waals surface area (Å²) in [7, 11) is 4.09. The van der Waals surface area contributed by atoms with Gasteiger partial charge in [-0.3, -0.25) is 10.1 Å². The molecule has 21 heavy (non-hydrogen) atoms. The van der Waals surface area contributed by atoms with Crippen molar-refractivity contribution in [2.75, 3.05) is 27.8 Å². The second-order valence-electron chi connectivity index (χ2n) is 2.42. The van der Waals surface area contributed by atoms with Crippen LogP contribution in [0.25, 0.3) is 0 Å². The van der Waals surface area contributed by atoms with Gasteiger partial charge in [-0.05, 0) is 0 Å². The molecular formula is C14H31N5O2. The summed E-state index contributed by atoms with van der Waals surface area (Å²) in [5.74, 6) is 0. The Labute approximate surface area is 129 Å². The minimum atomic E-state index is -0.500. The van der Waals surface area contributed by atoms with Crippen LogP contribution in [0.5, 0.6) is 0 Å². The van der Waals surface area contributed by atoms with E-state index in [-0.39, 0.29) is 14.9 Å². The zero-order valence-corrected chi connectivity index (χ0v) is 12.2. The highest BCUT2D eigenvalue weighted by molar-refractivity contribution is 4.99. The molecule has 0 N–H and O–H groups in total. The van der Waals surface area contributed by atoms with E-state index in [1.165, 1.54) is 0 Å². The van der Waals surface area contributed by atoms with Gasteiger partial charge < -0.3 is 0 Å². The highest BCUT2D eigenvalue weighted by Gasteiger charge is 1.63. The summed E-state index contributed by atoms with van der Waals surface area (Å²) >= 11 is 0. The number of hydrogen-bond acceptors (Lipinski definition) is 6. The molecule has 0 aromatic heterocycles. The molecule has 0 saturated carbocycles. The van der Waals surface area contributed by atoms with E-state index in [2.05, 4.69) is 20.5 Å². The first-order valence-electron chi connectivity index (χ1n) is 5.74. The van der Waals surface area contributed by atoms with Crippen molar-refractivity contribution in [1.29, 1.82) is 0 Å². The molecule has 0 atom stereocenters. The monoisotopic (exact) mass is 301 g/mol. The number of nitrogens with zero attached hydrogens (tertiary/aromatic N) is 5. The summed E-state index contributed by atoms with van der Waals surface area (Å²) in [6.07, 6.45) is 0. The minimum absolute atomic E-state index is 0. The maximum absolute atomic E-state index is 8.81. The molecule has 0 bridgehead atoms. The molecular weight excluding hydrogens is 270 g/mol. The van der Waals surface area contributed by atoms with Crippen LogP contribution >= 0.6 is 0 Å². The van der Waals surface area contributed by atoms with E-state index in [1.807, 2.05) is 50.2 Å². The lowest BCUT2D eigenvalue weighted by molar-refractivity contribution is -0.445. The molecule has 0 saturated heterocycles. The van der Waals surface area contributed by atoms with Gasteiger partial charge in [0, 0.05) is 19.0 Å². The number of benzene rings is 1. The SMILES string of the molecule is C.C.CC.CN=NCN=NC.C[N+](=O)[O-].c1ccccc1. The molecule has 7 nitrogen and oxygen atoms in total. The molecule has 7 heteroatoms. The molecule has 0 fully saturated rings. The van der Waals surface area contributed by atoms with Gasteiger partial charge in [0.15, 0.2) is 13.7 Å². The molecule has 124 valence electrons. The fourth-order valence-corrected chi connectivity index (χ4v) is 0.540. The van der Waals surface area contributed by atoms with Gasteiger partial charge in [0.1, 0.15) is 0 Å². The summed E-state index contributed by atoms with van der Waals surface area (Å²) in [6.45, 7) is 4.35. The van der Waals surface area contributed by atoms with Crippen LogP contribution in [0.2, 0.25) is 0 Å². The summed E-state index contributed by atoms with van der Waals surface area (Å²) in [5.41, 5.74) is 0. The van der Waals surface area contributed by atoms with Gasteiger partial charge in [0.05, 0.1) is 0 Å². The minimum Gasteiger partial charge on any atom is -0.265 e. The average molecular weight is 301 g/mol. The van der Waals surface area contributed by atoms with Crippen molar-refractivity contribution in [2.45, 2.75) is 28.7 Å². The van der Waals surface area contributed by atoms with Crippen molar-refractivity contribution in [2.24, 2.45) is 20.5 Å². The molecule has 0 aliphatic carbocycles. The third-order valence-electron chi connectivity index (χ3n) is 1.08. The molecule has 0 unspecified atom stereocenters. The first-order chi connectivity index (χ1) is 9.15. The quantitative estimate of drug-likeness (QED) is 0.437. The highest BCUT2D eigenvalue weighted by atomic mass is 16.6. The van der Waals surface area contributed by atoms with Gasteiger partial charge in [-0.15, -0.1) is 0 Å². The Morgan fingerprint density at radius 2 is 1.05 bits per heavy atom. The molecule has 0 heterocycles. The number of rotatable bonds is 2. The lowest BCUT2D eigenvalue weighted by Gasteiger charge is -1.73. The van der Waals surface area contributed by atoms with E-state index in [4.69, 9.17) is 10.1 Å². The van der Waals surface area contributed by atoms with Crippen LogP contribution in [0.15, 0.2) is 56.9 Å². The standard InChI is InChI=1S/C6H6.C3H8N4.C2H6.CH3NO2.2CH4/c1-2-4-6-5-3-1;1-4-6-3-7-5-2;1-2;1-2(3)4;;/h1-6H;3H2,1-2H3;1-2H3;1H3;2*1H4. The molecule has 0 spiro atoms. The van der Waals surface area contributed by atoms with Crippen molar-refractivity contribution in [3.05, 3.63) is 46.5 Å². The second-order valence-corrected chi connectivity index (χ2v) is 2.42. The Balaban J connectivity index is -0.0000000564. The molecule has 0 amide bonds. The van der Waals surface area contributed by atoms with Crippen molar-refractivity contribution in [3.8, 4) is 0 Å². The topological polar surface area (TPSA) is 92.6 Å². The lowest BCUT2D eigenvalue weighted by Crippen LogP contribution is -1.79. The Morgan fingerprint density at radius 1 is 0.857 bits per heavy atom. The van der Waals surface area contributed by atoms with Gasteiger partial charge in [-0.2, -0.15) is 20.5 Å². The molecule has 1 aromatic carbocycles. The van der Waals surface area contributed by atoms with Crippen LogP contribution in [0.1, 0.15) is 28.7 Å². The zero-order chi connectivity index (χ0) is 15.4. The van der Waals surface area contributed by atoms with Crippen LogP contribution in [-0.4, -0.2) is 32.7 Å². The third-order valence-corrected chi connectivity index (χ3v) is 1.08. The van der Waals surface area contributed by atoms with Gasteiger partial charge in [-0.1, -0.05) is 65.1 Å². The maximum Gasteiger partial charge on any atom is 0.194 e. The lowest BCUT2D eigenvalue weighted by atomic mass is 10.4. The number of azo groups is 2. The van der Waals surface area contributed by atoms with E-state index in [1.54, 1.807) is 14.1 Å². The van der Waals surface area contributed by atoms with Crippen LogP contribution in [-0.2, 0) is 0 Å². The van der Waals surface area contributed by atoms with Crippen LogP contribution in [0.3, 0.4) is 0 Å². The van der Waals surface area contributed by atoms with Crippen molar-refractivity contribution >= 4 is 0 Å². The second kappa shape index (κ2) is 36.1. The predicted octanol–water partition coefficient (Wildman–Crippen LogP) is 4.99. The van der Waals surface area contributed by atoms with E-state index in [9.17, 15) is 0 Å². The van der Waals surface area contributed by atoms with Crippen molar-refractivity contribution in [3.63, 3.8) is 0 Å². The van der Waals surface area contributed by atoms with Crippen LogP contribution in [0, 0.1) is 10.1 Å². The molecule has 0 aliphatic heterocycles. The largest absolute Gasteiger partial charge is 0.265 e. The molecule has 1 aromatic rings. The Morgan fingerprint density at radius 3 is 1.19 bits per heavy atom. The number of hydrogen-bond donors (Lipinski definition) is 0. The fourth-order valence-electron chi connectivity index (χ4n) is 0.540. The predicted molar refractivity (Wildman–Crippen MR) is 90.6 cm³/mol. The van der Waals surface area contributed by atoms with Gasteiger partial charge in [0.2, 0.25) is 0 Å². The fraction of sp³-hybridized carbons (Fsp3) is 0.571. The van der Waals surface area contributed by atoms with Gasteiger partial charge >= 0.3 is 0 Å². The van der Waals surface area contributed by atoms with E-state index >= 15 is 0 Å². The average Bonchev–Trinajstić information content (AvgIpc) is 2.44. The van der Waals surface area contributed by atoms with Crippen LogP contribution in [0.4, 0.5) is 0 Å².